The van der Waals surface area contributed by atoms with Crippen LogP contribution < -0.4 is 11.5 Å². The summed E-state index contributed by atoms with van der Waals surface area (Å²) in [6, 6.07) is -2.44. The number of nitrogens with two attached hydrogens (primary N) is 2. The lowest BCUT2D eigenvalue weighted by Gasteiger charge is -2.08. The summed E-state index contributed by atoms with van der Waals surface area (Å²) >= 11 is 0. The van der Waals surface area contributed by atoms with Crippen LogP contribution in [0.15, 0.2) is 0 Å². The molecular weight excluding hydrogens is 284 g/mol. The van der Waals surface area contributed by atoms with E-state index in [0.29, 0.717) is 0 Å². The molecule has 4 unspecified atom stereocenters. The van der Waals surface area contributed by atoms with Crippen LogP contribution in [0.25, 0.3) is 0 Å². The second-order valence-corrected chi connectivity index (χ2v) is 6.75. The van der Waals surface area contributed by atoms with E-state index in [1.165, 1.54) is 0 Å². The van der Waals surface area contributed by atoms with Gasteiger partial charge in [-0.3, -0.25) is 18.0 Å². The lowest BCUT2D eigenvalue weighted by molar-refractivity contribution is -0.138. The molecule has 0 saturated carbocycles. The fourth-order valence-electron chi connectivity index (χ4n) is 0.896. The quantitative estimate of drug-likeness (QED) is 0.358. The van der Waals surface area contributed by atoms with Gasteiger partial charge in [0.2, 0.25) is 0 Å². The average molecular weight is 300 g/mol. The molecule has 0 bridgehead atoms. The Labute approximate surface area is 109 Å². The number of hydrogen-bond acceptors (Lipinski definition) is 6. The van der Waals surface area contributed by atoms with Crippen LogP contribution in [-0.4, -0.2) is 65.7 Å². The number of hydrogen-bond donors (Lipinski definition) is 4. The van der Waals surface area contributed by atoms with Gasteiger partial charge in [0.15, 0.2) is 0 Å². The Morgan fingerprint density at radius 1 is 0.889 bits per heavy atom. The number of carboxylic acid groups (broad SMARTS) is 2. The second kappa shape index (κ2) is 8.29. The zero-order valence-corrected chi connectivity index (χ0v) is 11.1. The van der Waals surface area contributed by atoms with Crippen molar-refractivity contribution in [2.75, 3.05) is 23.0 Å². The summed E-state index contributed by atoms with van der Waals surface area (Å²) < 4.78 is 22.7. The predicted octanol–water partition coefficient (Wildman–Crippen LogP) is -2.69. The van der Waals surface area contributed by atoms with E-state index in [1.54, 1.807) is 0 Å². The molecule has 106 valence electrons. The lowest BCUT2D eigenvalue weighted by atomic mass is 10.4. The molecule has 0 radical (unpaired) electrons. The number of aliphatic carboxylic acids is 2. The molecule has 0 fully saturated rings. The molecule has 18 heavy (non-hydrogen) atoms. The first kappa shape index (κ1) is 17.2. The van der Waals surface area contributed by atoms with Gasteiger partial charge in [-0.2, -0.15) is 0 Å². The van der Waals surface area contributed by atoms with Crippen LogP contribution in [0.4, 0.5) is 0 Å². The molecule has 0 aromatic heterocycles. The van der Waals surface area contributed by atoms with Gasteiger partial charge in [-0.15, -0.1) is 0 Å². The molecule has 6 N–H and O–H groups in total. The molecule has 0 rings (SSSR count). The SMILES string of the molecule is NC(CS(=O)CCS(=O)CC(N)C(=O)O)C(=O)O. The van der Waals surface area contributed by atoms with Crippen molar-refractivity contribution in [3.8, 4) is 0 Å². The molecule has 0 aliphatic rings. The van der Waals surface area contributed by atoms with Gasteiger partial charge in [-0.25, -0.2) is 0 Å². The van der Waals surface area contributed by atoms with Crippen molar-refractivity contribution >= 4 is 33.5 Å². The number of carboxylic acids is 2. The van der Waals surface area contributed by atoms with Crippen LogP contribution in [0.5, 0.6) is 0 Å². The summed E-state index contributed by atoms with van der Waals surface area (Å²) in [6.07, 6.45) is 0. The van der Waals surface area contributed by atoms with Crippen LogP contribution in [-0.2, 0) is 31.2 Å². The molecule has 0 aromatic rings. The minimum Gasteiger partial charge on any atom is -0.480 e. The van der Waals surface area contributed by atoms with Crippen molar-refractivity contribution in [2.45, 2.75) is 12.1 Å². The first-order valence-electron chi connectivity index (χ1n) is 4.90. The normalized spacial score (nSPS) is 17.7. The molecule has 0 spiro atoms. The van der Waals surface area contributed by atoms with Gasteiger partial charge in [0, 0.05) is 44.6 Å². The van der Waals surface area contributed by atoms with Gasteiger partial charge in [-0.1, -0.05) is 0 Å². The van der Waals surface area contributed by atoms with E-state index in [-0.39, 0.29) is 23.0 Å². The first-order valence-corrected chi connectivity index (χ1v) is 7.88. The maximum Gasteiger partial charge on any atom is 0.321 e. The van der Waals surface area contributed by atoms with E-state index >= 15 is 0 Å². The van der Waals surface area contributed by atoms with E-state index in [9.17, 15) is 18.0 Å². The van der Waals surface area contributed by atoms with E-state index in [2.05, 4.69) is 0 Å². The Kier molecular flexibility index (Phi) is 7.91. The van der Waals surface area contributed by atoms with Crippen molar-refractivity contribution < 1.29 is 28.2 Å². The Hall–Kier alpha value is -0.840. The fourth-order valence-corrected chi connectivity index (χ4v) is 3.80. The monoisotopic (exact) mass is 300 g/mol. The third-order valence-corrected chi connectivity index (χ3v) is 4.94. The minimum absolute atomic E-state index is 0.0000693. The summed E-state index contributed by atoms with van der Waals surface area (Å²) in [6.45, 7) is 0. The Morgan fingerprint density at radius 3 is 1.39 bits per heavy atom. The number of rotatable bonds is 9. The zero-order valence-electron chi connectivity index (χ0n) is 9.48. The highest BCUT2D eigenvalue weighted by atomic mass is 32.2. The zero-order chi connectivity index (χ0) is 14.3. The van der Waals surface area contributed by atoms with Crippen LogP contribution in [0, 0.1) is 0 Å². The van der Waals surface area contributed by atoms with E-state index in [1.807, 2.05) is 0 Å². The Bertz CT molecular complexity index is 327. The van der Waals surface area contributed by atoms with Crippen molar-refractivity contribution in [2.24, 2.45) is 11.5 Å². The standard InChI is InChI=1S/C8H16N2O6S2/c9-5(7(11)12)3-17(15)1-2-18(16)4-6(10)8(13)14/h5-6H,1-4,9-10H2,(H,11,12)(H,13,14). The van der Waals surface area contributed by atoms with Gasteiger partial charge >= 0.3 is 11.9 Å². The molecule has 0 aliphatic carbocycles. The smallest absolute Gasteiger partial charge is 0.321 e. The highest BCUT2D eigenvalue weighted by Crippen LogP contribution is 1.93. The van der Waals surface area contributed by atoms with Crippen molar-refractivity contribution in [3.05, 3.63) is 0 Å². The molecule has 0 saturated heterocycles. The number of carbonyl (C=O) groups is 2. The van der Waals surface area contributed by atoms with Gasteiger partial charge in [0.1, 0.15) is 12.1 Å². The highest BCUT2D eigenvalue weighted by Gasteiger charge is 2.18. The first-order chi connectivity index (χ1) is 8.23. The molecule has 0 aromatic carbocycles. The van der Waals surface area contributed by atoms with Gasteiger partial charge in [0.05, 0.1) is 0 Å². The molecular formula is C8H16N2O6S2. The van der Waals surface area contributed by atoms with Crippen molar-refractivity contribution in [1.29, 1.82) is 0 Å². The minimum atomic E-state index is -1.50. The topological polar surface area (TPSA) is 161 Å². The maximum absolute atomic E-state index is 11.4. The molecule has 4 atom stereocenters. The van der Waals surface area contributed by atoms with Crippen LogP contribution in [0.1, 0.15) is 0 Å². The molecule has 0 aliphatic heterocycles. The third kappa shape index (κ3) is 7.48. The second-order valence-electron chi connectivity index (χ2n) is 3.51. The van der Waals surface area contributed by atoms with E-state index in [0.717, 1.165) is 0 Å². The third-order valence-electron chi connectivity index (χ3n) is 1.90. The summed E-state index contributed by atoms with van der Waals surface area (Å²) in [5.41, 5.74) is 10.4. The van der Waals surface area contributed by atoms with E-state index in [4.69, 9.17) is 21.7 Å². The molecule has 0 amide bonds. The van der Waals surface area contributed by atoms with Crippen LogP contribution in [0.2, 0.25) is 0 Å². The van der Waals surface area contributed by atoms with Crippen molar-refractivity contribution in [3.63, 3.8) is 0 Å². The summed E-state index contributed by atoms with van der Waals surface area (Å²) in [5, 5.41) is 17.0. The van der Waals surface area contributed by atoms with Gasteiger partial charge in [0.25, 0.3) is 0 Å². The Balaban J connectivity index is 3.96. The van der Waals surface area contributed by atoms with Crippen LogP contribution >= 0.6 is 0 Å². The largest absolute Gasteiger partial charge is 0.480 e. The summed E-state index contributed by atoms with van der Waals surface area (Å²) in [4.78, 5) is 20.8. The van der Waals surface area contributed by atoms with Gasteiger partial charge in [-0.05, 0) is 0 Å². The van der Waals surface area contributed by atoms with Crippen LogP contribution in [0.3, 0.4) is 0 Å². The average Bonchev–Trinajstić information content (AvgIpc) is 2.25. The fraction of sp³-hybridized carbons (Fsp3) is 0.750. The lowest BCUT2D eigenvalue weighted by Crippen LogP contribution is -2.38. The highest BCUT2D eigenvalue weighted by molar-refractivity contribution is 7.88. The molecule has 0 heterocycles. The maximum atomic E-state index is 11.4. The van der Waals surface area contributed by atoms with E-state index < -0.39 is 45.6 Å². The Morgan fingerprint density at radius 2 is 1.17 bits per heavy atom. The van der Waals surface area contributed by atoms with Gasteiger partial charge < -0.3 is 21.7 Å². The molecule has 8 nitrogen and oxygen atoms in total. The summed E-state index contributed by atoms with van der Waals surface area (Å²) in [5.74, 6) is -2.95. The molecule has 10 heteroatoms. The summed E-state index contributed by atoms with van der Waals surface area (Å²) in [7, 11) is -3.01. The predicted molar refractivity (Wildman–Crippen MR) is 67.0 cm³/mol. The van der Waals surface area contributed by atoms with Crippen molar-refractivity contribution in [1.82, 2.24) is 0 Å².